The summed E-state index contributed by atoms with van der Waals surface area (Å²) < 4.78 is 11.1. The zero-order valence-corrected chi connectivity index (χ0v) is 17.7. The Morgan fingerprint density at radius 1 is 1.29 bits per heavy atom. The molecule has 0 amide bonds. The molecule has 0 saturated carbocycles. The molecule has 3 aromatic rings. The van der Waals surface area contributed by atoms with E-state index in [1.807, 2.05) is 24.3 Å². The Labute approximate surface area is 171 Å². The first-order chi connectivity index (χ1) is 13.7. The van der Waals surface area contributed by atoms with Crippen LogP contribution in [0, 0.1) is 18.8 Å². The molecule has 28 heavy (non-hydrogen) atoms. The second kappa shape index (κ2) is 9.48. The summed E-state index contributed by atoms with van der Waals surface area (Å²) in [7, 11) is 1.68. The molecule has 5 heteroatoms. The van der Waals surface area contributed by atoms with Crippen molar-refractivity contribution in [2.24, 2.45) is 0 Å². The molecule has 4 nitrogen and oxygen atoms in total. The van der Waals surface area contributed by atoms with Crippen LogP contribution in [-0.2, 0) is 13.0 Å². The summed E-state index contributed by atoms with van der Waals surface area (Å²) in [6.07, 6.45) is 5.04. The van der Waals surface area contributed by atoms with Gasteiger partial charge in [-0.1, -0.05) is 6.92 Å². The molecule has 0 spiro atoms. The van der Waals surface area contributed by atoms with Gasteiger partial charge in [0.25, 0.3) is 0 Å². The van der Waals surface area contributed by atoms with Crippen LogP contribution in [-0.4, -0.2) is 18.6 Å². The summed E-state index contributed by atoms with van der Waals surface area (Å²) in [4.78, 5) is 9.19. The van der Waals surface area contributed by atoms with Gasteiger partial charge in [-0.15, -0.1) is 23.2 Å². The first kappa shape index (κ1) is 20.0. The quantitative estimate of drug-likeness (QED) is 0.459. The highest BCUT2D eigenvalue weighted by Crippen LogP contribution is 2.34. The number of methoxy groups -OCH3 is 1. The molecule has 0 bridgehead atoms. The number of aryl methyl sites for hydroxylation is 2. The average Bonchev–Trinajstić information content (AvgIpc) is 3.37. The van der Waals surface area contributed by atoms with Gasteiger partial charge in [-0.05, 0) is 44.0 Å². The topological polar surface area (TPSA) is 38.5 Å². The van der Waals surface area contributed by atoms with Crippen molar-refractivity contribution >= 4 is 17.0 Å². The minimum Gasteiger partial charge on any atom is -0.496 e. The molecule has 0 unspecified atom stereocenters. The summed E-state index contributed by atoms with van der Waals surface area (Å²) in [6.45, 7) is 8.02. The predicted octanol–water partition coefficient (Wildman–Crippen LogP) is 5.70. The summed E-state index contributed by atoms with van der Waals surface area (Å²) in [5, 5.41) is 0. The van der Waals surface area contributed by atoms with Crippen LogP contribution in [0.1, 0.15) is 35.6 Å². The Kier molecular flexibility index (Phi) is 6.78. The van der Waals surface area contributed by atoms with Crippen LogP contribution in [0.15, 0.2) is 41.3 Å². The van der Waals surface area contributed by atoms with E-state index in [0.717, 1.165) is 42.9 Å². The van der Waals surface area contributed by atoms with Crippen molar-refractivity contribution in [3.8, 4) is 28.9 Å². The number of hydrogen-bond acceptors (Lipinski definition) is 5. The third-order valence-electron chi connectivity index (χ3n) is 4.71. The molecule has 0 radical (unpaired) electrons. The van der Waals surface area contributed by atoms with Crippen LogP contribution in [0.2, 0.25) is 0 Å². The van der Waals surface area contributed by atoms with Crippen molar-refractivity contribution in [3.05, 3.63) is 52.2 Å². The number of thiophene rings is 1. The zero-order chi connectivity index (χ0) is 19.9. The molecule has 0 fully saturated rings. The summed E-state index contributed by atoms with van der Waals surface area (Å²) >= 11 is 1.89. The van der Waals surface area contributed by atoms with E-state index < -0.39 is 0 Å². The summed E-state index contributed by atoms with van der Waals surface area (Å²) in [6, 6.07) is 8.55. The molecule has 0 N–H and O–H groups in total. The first-order valence-corrected chi connectivity index (χ1v) is 10.3. The summed E-state index contributed by atoms with van der Waals surface area (Å²) in [5.74, 6) is 7.66. The fourth-order valence-electron chi connectivity index (χ4n) is 3.17. The second-order valence-corrected chi connectivity index (χ2v) is 7.84. The minimum absolute atomic E-state index is 0.702. The standard InChI is InChI=1S/C23H26N2O2S/c1-5-7-8-11-25(15-18-12-20(6-2)28-17(18)3)19-9-10-21(22(13-19)26-4)23-14-24-16-27-23/h9-10,12-14,16H,6,8,11,15H2,1-4H3. The Hall–Kier alpha value is -2.71. The van der Waals surface area contributed by atoms with E-state index in [1.165, 1.54) is 21.7 Å². The Morgan fingerprint density at radius 2 is 2.14 bits per heavy atom. The maximum atomic E-state index is 5.64. The van der Waals surface area contributed by atoms with Crippen molar-refractivity contribution in [1.29, 1.82) is 0 Å². The second-order valence-electron chi connectivity index (χ2n) is 6.50. The van der Waals surface area contributed by atoms with Gasteiger partial charge in [-0.3, -0.25) is 0 Å². The number of hydrogen-bond donors (Lipinski definition) is 0. The van der Waals surface area contributed by atoms with Crippen molar-refractivity contribution in [3.63, 3.8) is 0 Å². The van der Waals surface area contributed by atoms with Gasteiger partial charge in [0.1, 0.15) is 5.75 Å². The van der Waals surface area contributed by atoms with Gasteiger partial charge < -0.3 is 14.1 Å². The van der Waals surface area contributed by atoms with Gasteiger partial charge >= 0.3 is 0 Å². The Balaban J connectivity index is 1.92. The molecule has 0 aliphatic rings. The van der Waals surface area contributed by atoms with Gasteiger partial charge in [-0.2, -0.15) is 0 Å². The van der Waals surface area contributed by atoms with Gasteiger partial charge in [0.15, 0.2) is 12.2 Å². The van der Waals surface area contributed by atoms with E-state index in [0.29, 0.717) is 5.76 Å². The monoisotopic (exact) mass is 394 g/mol. The van der Waals surface area contributed by atoms with E-state index in [-0.39, 0.29) is 0 Å². The van der Waals surface area contributed by atoms with Crippen LogP contribution in [0.25, 0.3) is 11.3 Å². The van der Waals surface area contributed by atoms with Crippen molar-refractivity contribution in [1.82, 2.24) is 4.98 Å². The number of nitrogens with zero attached hydrogens (tertiary/aromatic N) is 2. The lowest BCUT2D eigenvalue weighted by atomic mass is 10.1. The molecule has 2 aromatic heterocycles. The maximum Gasteiger partial charge on any atom is 0.181 e. The molecule has 0 saturated heterocycles. The predicted molar refractivity (Wildman–Crippen MR) is 116 cm³/mol. The van der Waals surface area contributed by atoms with Crippen molar-refractivity contribution in [2.45, 2.75) is 40.2 Å². The smallest absolute Gasteiger partial charge is 0.181 e. The highest BCUT2D eigenvalue weighted by atomic mass is 32.1. The normalized spacial score (nSPS) is 10.4. The number of ether oxygens (including phenoxy) is 1. The number of oxazole rings is 1. The molecular weight excluding hydrogens is 368 g/mol. The van der Waals surface area contributed by atoms with Crippen LogP contribution in [0.5, 0.6) is 5.75 Å². The van der Waals surface area contributed by atoms with Crippen LogP contribution in [0.3, 0.4) is 0 Å². The first-order valence-electron chi connectivity index (χ1n) is 9.45. The molecule has 3 rings (SSSR count). The Morgan fingerprint density at radius 3 is 2.79 bits per heavy atom. The average molecular weight is 395 g/mol. The number of aromatic nitrogens is 1. The minimum atomic E-state index is 0.702. The van der Waals surface area contributed by atoms with Crippen molar-refractivity contribution < 1.29 is 9.15 Å². The number of benzene rings is 1. The molecule has 146 valence electrons. The fourth-order valence-corrected chi connectivity index (χ4v) is 4.16. The molecule has 0 aliphatic heterocycles. The largest absolute Gasteiger partial charge is 0.496 e. The van der Waals surface area contributed by atoms with Gasteiger partial charge in [0.05, 0.1) is 18.9 Å². The molecule has 0 aliphatic carbocycles. The van der Waals surface area contributed by atoms with E-state index in [1.54, 1.807) is 13.3 Å². The molecular formula is C23H26N2O2S. The summed E-state index contributed by atoms with van der Waals surface area (Å²) in [5.41, 5.74) is 3.39. The molecule has 0 atom stereocenters. The van der Waals surface area contributed by atoms with Crippen molar-refractivity contribution in [2.75, 3.05) is 18.6 Å². The third kappa shape index (κ3) is 4.58. The lowest BCUT2D eigenvalue weighted by Gasteiger charge is -2.25. The van der Waals surface area contributed by atoms with Gasteiger partial charge in [0, 0.05) is 41.0 Å². The van der Waals surface area contributed by atoms with Crippen LogP contribution >= 0.6 is 11.3 Å². The van der Waals surface area contributed by atoms with E-state index in [4.69, 9.17) is 9.15 Å². The third-order valence-corrected chi connectivity index (χ3v) is 5.95. The number of rotatable bonds is 8. The van der Waals surface area contributed by atoms with E-state index in [9.17, 15) is 0 Å². The lowest BCUT2D eigenvalue weighted by molar-refractivity contribution is 0.414. The highest BCUT2D eigenvalue weighted by Gasteiger charge is 2.15. The Bertz CT molecular complexity index is 964. The lowest BCUT2D eigenvalue weighted by Crippen LogP contribution is -2.23. The fraction of sp³-hybridized carbons (Fsp3) is 0.348. The van der Waals surface area contributed by atoms with Gasteiger partial charge in [-0.25, -0.2) is 4.98 Å². The van der Waals surface area contributed by atoms with Gasteiger partial charge in [0.2, 0.25) is 0 Å². The molecule has 1 aromatic carbocycles. The van der Waals surface area contributed by atoms with Crippen LogP contribution in [0.4, 0.5) is 5.69 Å². The van der Waals surface area contributed by atoms with E-state index in [2.05, 4.69) is 53.8 Å². The highest BCUT2D eigenvalue weighted by molar-refractivity contribution is 7.12. The SMILES string of the molecule is CC#CCCN(Cc1cc(CC)sc1C)c1ccc(-c2cnco2)c(OC)c1. The maximum absolute atomic E-state index is 5.64. The van der Waals surface area contributed by atoms with E-state index >= 15 is 0 Å². The number of anilines is 1. The molecule has 2 heterocycles. The zero-order valence-electron chi connectivity index (χ0n) is 16.9. The van der Waals surface area contributed by atoms with Crippen LogP contribution < -0.4 is 9.64 Å².